The van der Waals surface area contributed by atoms with Gasteiger partial charge in [-0.1, -0.05) is 12.1 Å². The van der Waals surface area contributed by atoms with Crippen LogP contribution < -0.4 is 10.1 Å². The van der Waals surface area contributed by atoms with Crippen LogP contribution >= 0.6 is 0 Å². The molecule has 0 saturated carbocycles. The molecular weight excluding hydrogens is 348 g/mol. The van der Waals surface area contributed by atoms with Crippen LogP contribution in [0.3, 0.4) is 0 Å². The second kappa shape index (κ2) is 7.08. The Morgan fingerprint density at radius 3 is 2.59 bits per heavy atom. The highest BCUT2D eigenvalue weighted by Gasteiger charge is 2.51. The van der Waals surface area contributed by atoms with Crippen LogP contribution in [0.2, 0.25) is 0 Å². The first-order valence-corrected chi connectivity index (χ1v) is 8.80. The van der Waals surface area contributed by atoms with Gasteiger partial charge in [0, 0.05) is 0 Å². The van der Waals surface area contributed by atoms with E-state index in [4.69, 9.17) is 9.15 Å². The number of aryl methyl sites for hydroxylation is 2. The van der Waals surface area contributed by atoms with Gasteiger partial charge in [0.1, 0.15) is 24.2 Å². The monoisotopic (exact) mass is 372 g/mol. The van der Waals surface area contributed by atoms with Crippen LogP contribution in [0.1, 0.15) is 29.4 Å². The highest BCUT2D eigenvalue weighted by Crippen LogP contribution is 2.29. The Bertz CT molecular complexity index is 862. The number of ether oxygens (including phenoxy) is 1. The van der Waals surface area contributed by atoms with E-state index in [9.17, 15) is 14.7 Å². The third-order valence-corrected chi connectivity index (χ3v) is 4.98. The van der Waals surface area contributed by atoms with Gasteiger partial charge in [-0.3, -0.25) is 9.69 Å². The predicted octanol–water partition coefficient (Wildman–Crippen LogP) is 2.41. The molecular formula is C20H24N2O5. The van der Waals surface area contributed by atoms with Gasteiger partial charge in [0.05, 0.1) is 12.8 Å². The summed E-state index contributed by atoms with van der Waals surface area (Å²) in [5.41, 5.74) is 1.78. The number of amides is 3. The molecule has 7 heteroatoms. The number of nitrogens with one attached hydrogen (secondary N) is 1. The Morgan fingerprint density at radius 1 is 1.22 bits per heavy atom. The lowest BCUT2D eigenvalue weighted by molar-refractivity contribution is -0.132. The molecule has 2 N–H and O–H groups in total. The van der Waals surface area contributed by atoms with Crippen molar-refractivity contribution in [3.05, 3.63) is 53.0 Å². The summed E-state index contributed by atoms with van der Waals surface area (Å²) in [5.74, 6) is 0.594. The Kier molecular flexibility index (Phi) is 4.97. The lowest BCUT2D eigenvalue weighted by Crippen LogP contribution is -2.42. The number of hydrogen-bond acceptors (Lipinski definition) is 5. The Labute approximate surface area is 157 Å². The van der Waals surface area contributed by atoms with E-state index in [0.29, 0.717) is 11.5 Å². The molecule has 3 rings (SSSR count). The zero-order valence-electron chi connectivity index (χ0n) is 15.9. The summed E-state index contributed by atoms with van der Waals surface area (Å²) in [6, 6.07) is 6.68. The van der Waals surface area contributed by atoms with E-state index in [1.165, 1.54) is 6.26 Å². The van der Waals surface area contributed by atoms with E-state index in [-0.39, 0.29) is 13.2 Å². The molecule has 3 amide bonds. The summed E-state index contributed by atoms with van der Waals surface area (Å²) in [7, 11) is 0. The number of β-amino-alcohol motifs (C(OH)–C–C–N with tert-alkyl or cyclic N) is 1. The number of benzene rings is 1. The van der Waals surface area contributed by atoms with Gasteiger partial charge in [0.25, 0.3) is 5.91 Å². The number of furan rings is 1. The van der Waals surface area contributed by atoms with E-state index in [1.807, 2.05) is 32.9 Å². The van der Waals surface area contributed by atoms with E-state index in [1.54, 1.807) is 19.1 Å². The number of nitrogens with zero attached hydrogens (tertiary/aromatic N) is 1. The maximum absolute atomic E-state index is 12.7. The normalized spacial score (nSPS) is 20.7. The molecule has 1 saturated heterocycles. The average Bonchev–Trinajstić information content (AvgIpc) is 3.23. The van der Waals surface area contributed by atoms with Gasteiger partial charge in [-0.2, -0.15) is 0 Å². The van der Waals surface area contributed by atoms with Crippen LogP contribution in [-0.4, -0.2) is 41.2 Å². The van der Waals surface area contributed by atoms with Crippen LogP contribution in [-0.2, 0) is 10.3 Å². The number of aliphatic hydroxyl groups is 1. The van der Waals surface area contributed by atoms with Gasteiger partial charge >= 0.3 is 6.03 Å². The van der Waals surface area contributed by atoms with Gasteiger partial charge in [-0.15, -0.1) is 0 Å². The predicted molar refractivity (Wildman–Crippen MR) is 98.5 cm³/mol. The number of rotatable bonds is 6. The van der Waals surface area contributed by atoms with E-state index in [0.717, 1.165) is 21.6 Å². The summed E-state index contributed by atoms with van der Waals surface area (Å²) in [6.07, 6.45) is 0.427. The molecule has 1 aliphatic heterocycles. The number of carbonyl (C=O) groups is 2. The second-order valence-corrected chi connectivity index (χ2v) is 7.07. The zero-order chi connectivity index (χ0) is 19.8. The number of hydrogen-bond donors (Lipinski definition) is 2. The second-order valence-electron chi connectivity index (χ2n) is 7.07. The van der Waals surface area contributed by atoms with Crippen LogP contribution in [0.25, 0.3) is 0 Å². The molecule has 1 aromatic heterocycles. The summed E-state index contributed by atoms with van der Waals surface area (Å²) in [4.78, 5) is 26.0. The lowest BCUT2D eigenvalue weighted by Gasteiger charge is -2.21. The van der Waals surface area contributed by atoms with Crippen molar-refractivity contribution in [3.8, 4) is 5.75 Å². The van der Waals surface area contributed by atoms with Crippen LogP contribution in [0.4, 0.5) is 4.79 Å². The fraction of sp³-hybridized carbons (Fsp3) is 0.400. The van der Waals surface area contributed by atoms with Gasteiger partial charge in [0.2, 0.25) is 0 Å². The van der Waals surface area contributed by atoms with Crippen LogP contribution in [0, 0.1) is 20.8 Å². The maximum Gasteiger partial charge on any atom is 0.325 e. The number of imide groups is 1. The highest BCUT2D eigenvalue weighted by atomic mass is 16.5. The molecule has 2 atom stereocenters. The summed E-state index contributed by atoms with van der Waals surface area (Å²) >= 11 is 0. The quantitative estimate of drug-likeness (QED) is 0.760. The first-order valence-electron chi connectivity index (χ1n) is 8.80. The van der Waals surface area contributed by atoms with Crippen molar-refractivity contribution in [2.45, 2.75) is 39.3 Å². The van der Waals surface area contributed by atoms with Gasteiger partial charge in [-0.05, 0) is 56.5 Å². The molecule has 1 aromatic carbocycles. The summed E-state index contributed by atoms with van der Waals surface area (Å²) < 4.78 is 11.1. The van der Waals surface area contributed by atoms with Crippen molar-refractivity contribution in [1.29, 1.82) is 0 Å². The SMILES string of the molecule is Cc1ccc(C)c(OC[C@H](O)CN2C(=O)N[C@@](C)(c3ccco3)C2=O)c1C. The average molecular weight is 372 g/mol. The molecule has 2 heterocycles. The number of carbonyl (C=O) groups excluding carboxylic acids is 2. The summed E-state index contributed by atoms with van der Waals surface area (Å²) in [6.45, 7) is 7.26. The lowest BCUT2D eigenvalue weighted by atomic mass is 9.99. The molecule has 0 aliphatic carbocycles. The van der Waals surface area contributed by atoms with Crippen molar-refractivity contribution in [3.63, 3.8) is 0 Å². The molecule has 0 radical (unpaired) electrons. The van der Waals surface area contributed by atoms with Gasteiger partial charge in [0.15, 0.2) is 5.54 Å². The Balaban J connectivity index is 1.66. The Hall–Kier alpha value is -2.80. The minimum atomic E-state index is -1.27. The molecule has 27 heavy (non-hydrogen) atoms. The minimum absolute atomic E-state index is 0.0281. The van der Waals surface area contributed by atoms with E-state index >= 15 is 0 Å². The van der Waals surface area contributed by atoms with Gasteiger partial charge < -0.3 is 19.6 Å². The maximum atomic E-state index is 12.7. The molecule has 1 aliphatic rings. The van der Waals surface area contributed by atoms with E-state index in [2.05, 4.69) is 5.32 Å². The topological polar surface area (TPSA) is 92.0 Å². The smallest absolute Gasteiger partial charge is 0.325 e. The number of urea groups is 1. The van der Waals surface area contributed by atoms with E-state index < -0.39 is 23.6 Å². The highest BCUT2D eigenvalue weighted by molar-refractivity contribution is 6.06. The molecule has 1 fully saturated rings. The van der Waals surface area contributed by atoms with Gasteiger partial charge in [-0.25, -0.2) is 4.79 Å². The largest absolute Gasteiger partial charge is 0.490 e. The van der Waals surface area contributed by atoms with Crippen molar-refractivity contribution >= 4 is 11.9 Å². The van der Waals surface area contributed by atoms with Crippen LogP contribution in [0.15, 0.2) is 34.9 Å². The summed E-state index contributed by atoms with van der Waals surface area (Å²) in [5, 5.41) is 13.0. The first-order chi connectivity index (χ1) is 12.7. The molecule has 0 bridgehead atoms. The van der Waals surface area contributed by atoms with Crippen molar-refractivity contribution in [1.82, 2.24) is 10.2 Å². The van der Waals surface area contributed by atoms with Crippen LogP contribution in [0.5, 0.6) is 5.75 Å². The van der Waals surface area contributed by atoms with Crippen molar-refractivity contribution < 1.29 is 23.8 Å². The standard InChI is InChI=1S/C20H24N2O5/c1-12-7-8-13(2)17(14(12)3)27-11-15(23)10-22-18(24)20(4,21-19(22)25)16-6-5-9-26-16/h5-9,15,23H,10-11H2,1-4H3,(H,21,25)/t15-,20+/m1/s1. The fourth-order valence-electron chi connectivity index (χ4n) is 3.18. The third kappa shape index (κ3) is 3.42. The third-order valence-electron chi connectivity index (χ3n) is 4.98. The molecule has 144 valence electrons. The zero-order valence-corrected chi connectivity index (χ0v) is 15.9. The first kappa shape index (κ1) is 19.0. The molecule has 0 spiro atoms. The molecule has 7 nitrogen and oxygen atoms in total. The number of aliphatic hydroxyl groups excluding tert-OH is 1. The fourth-order valence-corrected chi connectivity index (χ4v) is 3.18. The Morgan fingerprint density at radius 2 is 1.93 bits per heavy atom. The molecule has 0 unspecified atom stereocenters. The minimum Gasteiger partial charge on any atom is -0.490 e. The van der Waals surface area contributed by atoms with Crippen molar-refractivity contribution in [2.24, 2.45) is 0 Å². The molecule has 2 aromatic rings. The van der Waals surface area contributed by atoms with Crippen molar-refractivity contribution in [2.75, 3.05) is 13.2 Å².